The molecular formula is C14H15NO4. The maximum Gasteiger partial charge on any atom is 0.414 e. The Hall–Kier alpha value is -2.30. The normalized spacial score (nSPS) is 16.8. The van der Waals surface area contributed by atoms with E-state index in [2.05, 4.69) is 6.58 Å². The summed E-state index contributed by atoms with van der Waals surface area (Å²) >= 11 is 0. The first kappa shape index (κ1) is 13.1. The van der Waals surface area contributed by atoms with Gasteiger partial charge in [0.2, 0.25) is 0 Å². The summed E-state index contributed by atoms with van der Waals surface area (Å²) < 4.78 is 5.01. The van der Waals surface area contributed by atoms with E-state index in [-0.39, 0.29) is 18.9 Å². The molecule has 0 aromatic heterocycles. The zero-order valence-electron chi connectivity index (χ0n) is 10.4. The van der Waals surface area contributed by atoms with Crippen molar-refractivity contribution in [2.24, 2.45) is 0 Å². The third-order valence-corrected chi connectivity index (χ3v) is 3.04. The molecule has 1 unspecified atom stereocenters. The molecule has 19 heavy (non-hydrogen) atoms. The Morgan fingerprint density at radius 1 is 1.47 bits per heavy atom. The number of nitrogens with zero attached hydrogens (tertiary/aromatic N) is 1. The van der Waals surface area contributed by atoms with Crippen molar-refractivity contribution in [2.75, 3.05) is 18.1 Å². The van der Waals surface area contributed by atoms with Gasteiger partial charge in [0.05, 0.1) is 12.1 Å². The predicted octanol–water partition coefficient (Wildman–Crippen LogP) is 2.39. The third kappa shape index (κ3) is 2.76. The summed E-state index contributed by atoms with van der Waals surface area (Å²) in [5, 5.41) is 8.92. The van der Waals surface area contributed by atoms with Crippen molar-refractivity contribution < 1.29 is 19.4 Å². The summed E-state index contributed by atoms with van der Waals surface area (Å²) in [5.41, 5.74) is 1.60. The molecule has 1 atom stereocenters. The van der Waals surface area contributed by atoms with E-state index in [0.717, 1.165) is 11.3 Å². The molecule has 0 spiro atoms. The zero-order valence-corrected chi connectivity index (χ0v) is 10.4. The van der Waals surface area contributed by atoms with Gasteiger partial charge in [0.25, 0.3) is 0 Å². The Labute approximate surface area is 111 Å². The van der Waals surface area contributed by atoms with Gasteiger partial charge in [-0.05, 0) is 11.6 Å². The predicted molar refractivity (Wildman–Crippen MR) is 70.3 cm³/mol. The lowest BCUT2D eigenvalue weighted by atomic mass is 9.98. The fourth-order valence-electron chi connectivity index (χ4n) is 2.26. The van der Waals surface area contributed by atoms with Crippen LogP contribution in [-0.2, 0) is 9.53 Å². The van der Waals surface area contributed by atoms with E-state index >= 15 is 0 Å². The van der Waals surface area contributed by atoms with E-state index in [0.29, 0.717) is 6.54 Å². The van der Waals surface area contributed by atoms with Gasteiger partial charge in [0.1, 0.15) is 6.61 Å². The van der Waals surface area contributed by atoms with Gasteiger partial charge in [0.15, 0.2) is 0 Å². The number of carbonyl (C=O) groups is 2. The van der Waals surface area contributed by atoms with E-state index in [1.165, 1.54) is 11.0 Å². The molecule has 1 heterocycles. The SMILES string of the molecule is C=CCOC(=O)N1CC(CC(=O)O)c2ccccc21. The highest BCUT2D eigenvalue weighted by molar-refractivity contribution is 5.91. The van der Waals surface area contributed by atoms with Gasteiger partial charge in [-0.3, -0.25) is 9.69 Å². The van der Waals surface area contributed by atoms with Gasteiger partial charge in [-0.25, -0.2) is 4.79 Å². The lowest BCUT2D eigenvalue weighted by molar-refractivity contribution is -0.137. The minimum atomic E-state index is -0.874. The molecule has 1 N–H and O–H groups in total. The van der Waals surface area contributed by atoms with Crippen LogP contribution in [0.3, 0.4) is 0 Å². The molecule has 0 saturated carbocycles. The van der Waals surface area contributed by atoms with Crippen molar-refractivity contribution >= 4 is 17.7 Å². The summed E-state index contributed by atoms with van der Waals surface area (Å²) in [6.45, 7) is 3.96. The molecule has 1 aliphatic rings. The van der Waals surface area contributed by atoms with Crippen LogP contribution in [0.2, 0.25) is 0 Å². The number of carboxylic acid groups (broad SMARTS) is 1. The lowest BCUT2D eigenvalue weighted by Crippen LogP contribution is -2.30. The molecule has 100 valence electrons. The highest BCUT2D eigenvalue weighted by Gasteiger charge is 2.33. The standard InChI is InChI=1S/C14H15NO4/c1-2-7-19-14(18)15-9-10(8-13(16)17)11-5-3-4-6-12(11)15/h2-6,10H,1,7-9H2,(H,16,17). The van der Waals surface area contributed by atoms with Crippen LogP contribution in [0.1, 0.15) is 17.9 Å². The van der Waals surface area contributed by atoms with Crippen LogP contribution in [0.25, 0.3) is 0 Å². The quantitative estimate of drug-likeness (QED) is 0.845. The monoisotopic (exact) mass is 261 g/mol. The number of benzene rings is 1. The molecule has 0 radical (unpaired) electrons. The van der Waals surface area contributed by atoms with E-state index in [1.54, 1.807) is 6.07 Å². The maximum atomic E-state index is 11.9. The number of para-hydroxylation sites is 1. The average Bonchev–Trinajstić information content (AvgIpc) is 2.75. The Morgan fingerprint density at radius 3 is 2.89 bits per heavy atom. The summed E-state index contributed by atoms with van der Waals surface area (Å²) in [5.74, 6) is -1.06. The highest BCUT2D eigenvalue weighted by atomic mass is 16.6. The van der Waals surface area contributed by atoms with Crippen LogP contribution < -0.4 is 4.90 Å². The fourth-order valence-corrected chi connectivity index (χ4v) is 2.26. The first-order valence-corrected chi connectivity index (χ1v) is 5.99. The van der Waals surface area contributed by atoms with Crippen molar-refractivity contribution in [3.63, 3.8) is 0 Å². The Morgan fingerprint density at radius 2 is 2.21 bits per heavy atom. The second kappa shape index (κ2) is 5.56. The Bertz CT molecular complexity index is 512. The van der Waals surface area contributed by atoms with Gasteiger partial charge in [-0.15, -0.1) is 0 Å². The summed E-state index contributed by atoms with van der Waals surface area (Å²) in [6, 6.07) is 7.30. The number of rotatable bonds is 4. The van der Waals surface area contributed by atoms with Crippen LogP contribution in [0.5, 0.6) is 0 Å². The number of aliphatic carboxylic acids is 1. The number of carbonyl (C=O) groups excluding carboxylic acids is 1. The molecule has 1 aliphatic heterocycles. The minimum absolute atomic E-state index is 0.00223. The van der Waals surface area contributed by atoms with Crippen LogP contribution >= 0.6 is 0 Å². The fraction of sp³-hybridized carbons (Fsp3) is 0.286. The molecule has 2 rings (SSSR count). The zero-order chi connectivity index (χ0) is 13.8. The van der Waals surface area contributed by atoms with Crippen molar-refractivity contribution in [2.45, 2.75) is 12.3 Å². The molecule has 5 nitrogen and oxygen atoms in total. The second-order valence-electron chi connectivity index (χ2n) is 4.33. The minimum Gasteiger partial charge on any atom is -0.481 e. The number of anilines is 1. The van der Waals surface area contributed by atoms with Gasteiger partial charge < -0.3 is 9.84 Å². The number of carboxylic acids is 1. The summed E-state index contributed by atoms with van der Waals surface area (Å²) in [4.78, 5) is 24.3. The smallest absolute Gasteiger partial charge is 0.414 e. The molecule has 0 aliphatic carbocycles. The van der Waals surface area contributed by atoms with Crippen LogP contribution in [0.15, 0.2) is 36.9 Å². The molecule has 1 aromatic carbocycles. The van der Waals surface area contributed by atoms with Crippen LogP contribution in [-0.4, -0.2) is 30.3 Å². The molecule has 1 amide bonds. The first-order chi connectivity index (χ1) is 9.13. The van der Waals surface area contributed by atoms with Gasteiger partial charge in [-0.1, -0.05) is 30.9 Å². The molecule has 0 bridgehead atoms. The molecule has 5 heteroatoms. The number of hydrogen-bond acceptors (Lipinski definition) is 3. The maximum absolute atomic E-state index is 11.9. The lowest BCUT2D eigenvalue weighted by Gasteiger charge is -2.16. The highest BCUT2D eigenvalue weighted by Crippen LogP contribution is 2.38. The molecular weight excluding hydrogens is 246 g/mol. The average molecular weight is 261 g/mol. The second-order valence-corrected chi connectivity index (χ2v) is 4.33. The van der Waals surface area contributed by atoms with Crippen molar-refractivity contribution in [3.8, 4) is 0 Å². The first-order valence-electron chi connectivity index (χ1n) is 5.99. The van der Waals surface area contributed by atoms with E-state index in [9.17, 15) is 9.59 Å². The Balaban J connectivity index is 2.22. The molecule has 0 fully saturated rings. The van der Waals surface area contributed by atoms with Crippen LogP contribution in [0, 0.1) is 0 Å². The van der Waals surface area contributed by atoms with Gasteiger partial charge in [-0.2, -0.15) is 0 Å². The Kier molecular flexibility index (Phi) is 3.85. The van der Waals surface area contributed by atoms with Gasteiger partial charge in [0, 0.05) is 12.5 Å². The number of fused-ring (bicyclic) bond motifs is 1. The number of hydrogen-bond donors (Lipinski definition) is 1. The van der Waals surface area contributed by atoms with E-state index in [4.69, 9.17) is 9.84 Å². The third-order valence-electron chi connectivity index (χ3n) is 3.04. The van der Waals surface area contributed by atoms with E-state index < -0.39 is 12.1 Å². The van der Waals surface area contributed by atoms with Gasteiger partial charge >= 0.3 is 12.1 Å². The molecule has 1 aromatic rings. The van der Waals surface area contributed by atoms with Crippen molar-refractivity contribution in [1.29, 1.82) is 0 Å². The summed E-state index contributed by atoms with van der Waals surface area (Å²) in [7, 11) is 0. The number of amides is 1. The number of ether oxygens (including phenoxy) is 1. The largest absolute Gasteiger partial charge is 0.481 e. The van der Waals surface area contributed by atoms with Crippen LogP contribution in [0.4, 0.5) is 10.5 Å². The van der Waals surface area contributed by atoms with Crippen molar-refractivity contribution in [3.05, 3.63) is 42.5 Å². The van der Waals surface area contributed by atoms with E-state index in [1.807, 2.05) is 18.2 Å². The molecule has 0 saturated heterocycles. The summed E-state index contributed by atoms with van der Waals surface area (Å²) in [6.07, 6.45) is 1.02. The van der Waals surface area contributed by atoms with Crippen molar-refractivity contribution in [1.82, 2.24) is 0 Å². The topological polar surface area (TPSA) is 66.8 Å².